The quantitative estimate of drug-likeness (QED) is 0.451. The van der Waals surface area contributed by atoms with Crippen molar-refractivity contribution in [3.8, 4) is 5.75 Å². The molecule has 10 heteroatoms. The Labute approximate surface area is 182 Å². The monoisotopic (exact) mass is 515 g/mol. The first-order valence-electron chi connectivity index (χ1n) is 9.08. The van der Waals surface area contributed by atoms with E-state index in [9.17, 15) is 9.18 Å². The van der Waals surface area contributed by atoms with Gasteiger partial charge in [-0.05, 0) is 47.7 Å². The molecule has 1 aliphatic heterocycles. The van der Waals surface area contributed by atoms with Crippen molar-refractivity contribution < 1.29 is 18.7 Å². The molecule has 0 saturated carbocycles. The average Bonchev–Trinajstić information content (AvgIpc) is 2.73. The van der Waals surface area contributed by atoms with Gasteiger partial charge in [-0.3, -0.25) is 4.79 Å². The minimum atomic E-state index is -1.60. The van der Waals surface area contributed by atoms with E-state index in [2.05, 4.69) is 20.6 Å². The summed E-state index contributed by atoms with van der Waals surface area (Å²) in [6.07, 6.45) is 1.44. The fourth-order valence-corrected chi connectivity index (χ4v) is 3.35. The zero-order valence-electron chi connectivity index (χ0n) is 16.5. The molecule has 2 aromatic rings. The van der Waals surface area contributed by atoms with Gasteiger partial charge in [-0.2, -0.15) is 4.98 Å². The number of methoxy groups -OCH3 is 1. The van der Waals surface area contributed by atoms with Gasteiger partial charge in [-0.1, -0.05) is 0 Å². The summed E-state index contributed by atoms with van der Waals surface area (Å²) in [5.74, 6) is 1.08. The number of anilines is 3. The number of carbonyl (C=O) groups excluding carboxylic acids is 1. The molecule has 3 rings (SSSR count). The Hall–Kier alpha value is -2.21. The number of aromatic nitrogens is 2. The van der Waals surface area contributed by atoms with Crippen molar-refractivity contribution in [1.82, 2.24) is 14.9 Å². The Balaban J connectivity index is 1.83. The molecule has 1 unspecified atom stereocenters. The van der Waals surface area contributed by atoms with Crippen molar-refractivity contribution in [3.63, 3.8) is 0 Å². The molecule has 0 spiro atoms. The van der Waals surface area contributed by atoms with Crippen LogP contribution in [0.2, 0.25) is 0 Å². The first-order valence-corrected chi connectivity index (χ1v) is 10.2. The van der Waals surface area contributed by atoms with Gasteiger partial charge in [-0.15, -0.1) is 0 Å². The van der Waals surface area contributed by atoms with Crippen LogP contribution in [0.15, 0.2) is 24.4 Å². The van der Waals surface area contributed by atoms with Crippen LogP contribution in [0.3, 0.4) is 0 Å². The van der Waals surface area contributed by atoms with Crippen molar-refractivity contribution in [2.75, 3.05) is 51.1 Å². The van der Waals surface area contributed by atoms with Crippen LogP contribution in [0.25, 0.3) is 0 Å². The fraction of sp³-hybridized carbons (Fsp3) is 0.421. The third-order valence-electron chi connectivity index (χ3n) is 4.49. The SMILES string of the molecule is CNc1nc(Nc2ccc(C(=O)N3CCOCC3)cc2OC)ncc1C(C)(F)I. The summed E-state index contributed by atoms with van der Waals surface area (Å²) in [4.78, 5) is 23.0. The van der Waals surface area contributed by atoms with Crippen molar-refractivity contribution in [2.45, 2.75) is 10.6 Å². The number of nitrogens with one attached hydrogen (secondary N) is 2. The van der Waals surface area contributed by atoms with Crippen molar-refractivity contribution >= 4 is 46.0 Å². The molecule has 1 atom stereocenters. The molecule has 0 radical (unpaired) electrons. The Morgan fingerprint density at radius 3 is 2.72 bits per heavy atom. The van der Waals surface area contributed by atoms with Crippen LogP contribution in [0, 0.1) is 0 Å². The number of rotatable bonds is 6. The van der Waals surface area contributed by atoms with Gasteiger partial charge >= 0.3 is 0 Å². The van der Waals surface area contributed by atoms with Gasteiger partial charge in [0, 0.05) is 31.9 Å². The second-order valence-corrected chi connectivity index (χ2v) is 8.56. The van der Waals surface area contributed by atoms with Crippen molar-refractivity contribution in [2.24, 2.45) is 0 Å². The Bertz CT molecular complexity index is 885. The summed E-state index contributed by atoms with van der Waals surface area (Å²) in [6.45, 7) is 3.65. The van der Waals surface area contributed by atoms with Crippen LogP contribution in [-0.2, 0) is 8.41 Å². The lowest BCUT2D eigenvalue weighted by Gasteiger charge is -2.27. The Morgan fingerprint density at radius 2 is 2.10 bits per heavy atom. The molecular weight excluding hydrogens is 492 g/mol. The minimum Gasteiger partial charge on any atom is -0.495 e. The van der Waals surface area contributed by atoms with Crippen LogP contribution in [0.5, 0.6) is 5.75 Å². The largest absolute Gasteiger partial charge is 0.495 e. The highest BCUT2D eigenvalue weighted by Crippen LogP contribution is 2.37. The number of hydrogen-bond donors (Lipinski definition) is 2. The lowest BCUT2D eigenvalue weighted by molar-refractivity contribution is 0.0302. The Kier molecular flexibility index (Phi) is 6.73. The van der Waals surface area contributed by atoms with Gasteiger partial charge in [0.25, 0.3) is 5.91 Å². The van der Waals surface area contributed by atoms with Crippen LogP contribution < -0.4 is 15.4 Å². The van der Waals surface area contributed by atoms with Crippen LogP contribution in [0.1, 0.15) is 22.8 Å². The molecule has 1 aromatic carbocycles. The summed E-state index contributed by atoms with van der Waals surface area (Å²) in [5, 5.41) is 5.96. The number of carbonyl (C=O) groups is 1. The fourth-order valence-electron chi connectivity index (χ4n) is 2.95. The zero-order chi connectivity index (χ0) is 21.0. The standard InChI is InChI=1S/C19H23FIN5O3/c1-19(20,21)13-11-23-18(25-16(13)22-2)24-14-5-4-12(10-15(14)28-3)17(27)26-6-8-29-9-7-26/h4-5,10-11H,6-9H2,1-3H3,(H2,22,23,24,25). The van der Waals surface area contributed by atoms with Gasteiger partial charge in [0.15, 0.2) is 3.68 Å². The molecule has 0 bridgehead atoms. The molecule has 1 amide bonds. The molecule has 0 aliphatic carbocycles. The summed E-state index contributed by atoms with van der Waals surface area (Å²) in [5.41, 5.74) is 1.47. The highest BCUT2D eigenvalue weighted by Gasteiger charge is 2.26. The maximum Gasteiger partial charge on any atom is 0.254 e. The van der Waals surface area contributed by atoms with E-state index >= 15 is 0 Å². The van der Waals surface area contributed by atoms with E-state index in [0.717, 1.165) is 0 Å². The third kappa shape index (κ3) is 5.04. The second-order valence-electron chi connectivity index (χ2n) is 6.54. The van der Waals surface area contributed by atoms with Gasteiger partial charge in [0.05, 0.1) is 31.6 Å². The average molecular weight is 515 g/mol. The smallest absolute Gasteiger partial charge is 0.254 e. The maximum absolute atomic E-state index is 14.3. The molecule has 29 heavy (non-hydrogen) atoms. The van der Waals surface area contributed by atoms with Gasteiger partial charge in [-0.25, -0.2) is 9.37 Å². The van der Waals surface area contributed by atoms with E-state index < -0.39 is 3.68 Å². The lowest BCUT2D eigenvalue weighted by atomic mass is 10.1. The third-order valence-corrected chi connectivity index (χ3v) is 5.07. The van der Waals surface area contributed by atoms with Gasteiger partial charge < -0.3 is 25.0 Å². The summed E-state index contributed by atoms with van der Waals surface area (Å²) < 4.78 is 23.4. The zero-order valence-corrected chi connectivity index (χ0v) is 18.6. The molecule has 2 heterocycles. The normalized spacial score (nSPS) is 16.1. The predicted molar refractivity (Wildman–Crippen MR) is 117 cm³/mol. The van der Waals surface area contributed by atoms with E-state index in [-0.39, 0.29) is 11.9 Å². The number of benzene rings is 1. The first kappa shape index (κ1) is 21.5. The van der Waals surface area contributed by atoms with E-state index in [4.69, 9.17) is 9.47 Å². The van der Waals surface area contributed by atoms with Crippen molar-refractivity contribution in [3.05, 3.63) is 35.5 Å². The number of hydrogen-bond acceptors (Lipinski definition) is 7. The molecule has 1 aliphatic rings. The molecule has 1 fully saturated rings. The lowest BCUT2D eigenvalue weighted by Crippen LogP contribution is -2.40. The minimum absolute atomic E-state index is 0.0690. The number of morpholine rings is 1. The highest BCUT2D eigenvalue weighted by molar-refractivity contribution is 14.1. The number of ether oxygens (including phenoxy) is 2. The summed E-state index contributed by atoms with van der Waals surface area (Å²) in [7, 11) is 3.20. The summed E-state index contributed by atoms with van der Waals surface area (Å²) in [6, 6.07) is 5.14. The molecular formula is C19H23FIN5O3. The van der Waals surface area contributed by atoms with Crippen LogP contribution in [-0.4, -0.2) is 61.2 Å². The second kappa shape index (κ2) is 9.08. The maximum atomic E-state index is 14.3. The predicted octanol–water partition coefficient (Wildman–Crippen LogP) is 3.32. The highest BCUT2D eigenvalue weighted by atomic mass is 127. The van der Waals surface area contributed by atoms with E-state index in [1.165, 1.54) is 20.2 Å². The van der Waals surface area contributed by atoms with E-state index in [0.29, 0.717) is 54.7 Å². The Morgan fingerprint density at radius 1 is 1.38 bits per heavy atom. The number of nitrogens with zero attached hydrogens (tertiary/aromatic N) is 3. The van der Waals surface area contributed by atoms with Crippen molar-refractivity contribution in [1.29, 1.82) is 0 Å². The number of halogens is 2. The van der Waals surface area contributed by atoms with E-state index in [1.807, 2.05) is 0 Å². The topological polar surface area (TPSA) is 88.6 Å². The molecule has 156 valence electrons. The molecule has 1 aromatic heterocycles. The van der Waals surface area contributed by atoms with Crippen LogP contribution in [0.4, 0.5) is 21.8 Å². The molecule has 1 saturated heterocycles. The van der Waals surface area contributed by atoms with Gasteiger partial charge in [0.1, 0.15) is 11.6 Å². The van der Waals surface area contributed by atoms with E-state index in [1.54, 1.807) is 52.7 Å². The molecule has 2 N–H and O–H groups in total. The molecule has 8 nitrogen and oxygen atoms in total. The first-order chi connectivity index (χ1) is 13.8. The van der Waals surface area contributed by atoms with Gasteiger partial charge in [0.2, 0.25) is 5.95 Å². The number of alkyl halides is 2. The summed E-state index contributed by atoms with van der Waals surface area (Å²) >= 11 is 1.70. The van der Waals surface area contributed by atoms with Crippen LogP contribution >= 0.6 is 22.6 Å². The number of amides is 1.